The molecular formula is C18H28N4O3S. The number of hydrogen-bond acceptors (Lipinski definition) is 6. The van der Waals surface area contributed by atoms with Crippen molar-refractivity contribution in [2.45, 2.75) is 46.1 Å². The quantitative estimate of drug-likeness (QED) is 0.790. The normalized spacial score (nSPS) is 25.3. The van der Waals surface area contributed by atoms with Gasteiger partial charge in [0.05, 0.1) is 11.5 Å². The second-order valence-corrected chi connectivity index (χ2v) is 9.76. The number of amides is 1. The molecule has 2 saturated heterocycles. The van der Waals surface area contributed by atoms with Gasteiger partial charge >= 0.3 is 0 Å². The molecule has 1 aromatic rings. The fraction of sp³-hybridized carbons (Fsp3) is 0.722. The molecule has 2 atom stereocenters. The predicted molar refractivity (Wildman–Crippen MR) is 101 cm³/mol. The van der Waals surface area contributed by atoms with Gasteiger partial charge in [0.25, 0.3) is 5.91 Å². The number of piperidine rings is 1. The number of nitrogens with zero attached hydrogens (tertiary/aromatic N) is 4. The molecule has 0 bridgehead atoms. The lowest BCUT2D eigenvalue weighted by Gasteiger charge is -2.31. The predicted octanol–water partition coefficient (Wildman–Crippen LogP) is 1.67. The minimum absolute atomic E-state index is 0.0488. The van der Waals surface area contributed by atoms with E-state index in [2.05, 4.69) is 21.8 Å². The first kappa shape index (κ1) is 19.1. The number of carbonyl (C=O) groups is 1. The summed E-state index contributed by atoms with van der Waals surface area (Å²) in [6.07, 6.45) is 2.80. The first-order chi connectivity index (χ1) is 12.3. The molecule has 0 aliphatic carbocycles. The second-order valence-electron chi connectivity index (χ2n) is 7.54. The highest BCUT2D eigenvalue weighted by Crippen LogP contribution is 2.23. The van der Waals surface area contributed by atoms with Crippen molar-refractivity contribution in [2.75, 3.05) is 36.0 Å². The van der Waals surface area contributed by atoms with E-state index in [1.165, 1.54) is 6.42 Å². The van der Waals surface area contributed by atoms with Gasteiger partial charge in [-0.25, -0.2) is 18.4 Å². The topological polar surface area (TPSA) is 83.5 Å². The number of carbonyl (C=O) groups excluding carboxylic acids is 1. The third-order valence-corrected chi connectivity index (χ3v) is 7.00. The maximum atomic E-state index is 13.0. The third kappa shape index (κ3) is 4.16. The van der Waals surface area contributed by atoms with E-state index in [1.54, 1.807) is 11.0 Å². The summed E-state index contributed by atoms with van der Waals surface area (Å²) in [6.45, 7) is 8.23. The van der Waals surface area contributed by atoms with Crippen LogP contribution >= 0.6 is 0 Å². The van der Waals surface area contributed by atoms with Crippen LogP contribution in [0.25, 0.3) is 0 Å². The van der Waals surface area contributed by atoms with Gasteiger partial charge in [-0.1, -0.05) is 6.92 Å². The van der Waals surface area contributed by atoms with E-state index in [0.29, 0.717) is 30.5 Å². The molecule has 0 saturated carbocycles. The average molecular weight is 381 g/mol. The summed E-state index contributed by atoms with van der Waals surface area (Å²) in [5.41, 5.74) is 1.11. The van der Waals surface area contributed by atoms with Crippen LogP contribution in [-0.2, 0) is 9.84 Å². The Morgan fingerprint density at radius 3 is 2.73 bits per heavy atom. The van der Waals surface area contributed by atoms with Crippen molar-refractivity contribution in [2.24, 2.45) is 5.92 Å². The van der Waals surface area contributed by atoms with Crippen LogP contribution in [0.2, 0.25) is 0 Å². The van der Waals surface area contributed by atoms with Crippen LogP contribution in [0.15, 0.2) is 6.07 Å². The van der Waals surface area contributed by atoms with Crippen molar-refractivity contribution >= 4 is 21.7 Å². The summed E-state index contributed by atoms with van der Waals surface area (Å²) in [4.78, 5) is 25.9. The van der Waals surface area contributed by atoms with E-state index in [1.807, 2.05) is 13.8 Å². The van der Waals surface area contributed by atoms with Crippen molar-refractivity contribution in [3.8, 4) is 0 Å². The van der Waals surface area contributed by atoms with E-state index in [0.717, 1.165) is 25.2 Å². The van der Waals surface area contributed by atoms with Gasteiger partial charge in [0.2, 0.25) is 5.95 Å². The van der Waals surface area contributed by atoms with Crippen LogP contribution in [-0.4, -0.2) is 66.4 Å². The van der Waals surface area contributed by atoms with E-state index >= 15 is 0 Å². The maximum Gasteiger partial charge on any atom is 0.272 e. The summed E-state index contributed by atoms with van der Waals surface area (Å²) in [5, 5.41) is 0. The van der Waals surface area contributed by atoms with E-state index in [4.69, 9.17) is 0 Å². The van der Waals surface area contributed by atoms with Gasteiger partial charge in [-0.15, -0.1) is 0 Å². The number of hydrogen-bond donors (Lipinski definition) is 0. The summed E-state index contributed by atoms with van der Waals surface area (Å²) in [7, 11) is -3.04. The highest BCUT2D eigenvalue weighted by molar-refractivity contribution is 7.91. The van der Waals surface area contributed by atoms with Gasteiger partial charge in [0.1, 0.15) is 5.69 Å². The zero-order valence-corrected chi connectivity index (χ0v) is 16.6. The number of aromatic nitrogens is 2. The van der Waals surface area contributed by atoms with Crippen LogP contribution in [0.5, 0.6) is 0 Å². The Hall–Kier alpha value is -1.70. The first-order valence-corrected chi connectivity index (χ1v) is 11.2. The van der Waals surface area contributed by atoms with E-state index in [9.17, 15) is 13.2 Å². The van der Waals surface area contributed by atoms with E-state index < -0.39 is 9.84 Å². The molecule has 1 amide bonds. The molecule has 8 heteroatoms. The van der Waals surface area contributed by atoms with Crippen molar-refractivity contribution in [1.29, 1.82) is 0 Å². The SMILES string of the molecule is CCN(C(=O)c1cc(C)nc(N2CCCC(C)C2)n1)C1CCS(=O)(=O)C1. The lowest BCUT2D eigenvalue weighted by atomic mass is 10.0. The number of anilines is 1. The Balaban J connectivity index is 1.84. The molecule has 0 aromatic carbocycles. The monoisotopic (exact) mass is 380 g/mol. The third-order valence-electron chi connectivity index (χ3n) is 5.25. The Bertz CT molecular complexity index is 781. The fourth-order valence-electron chi connectivity index (χ4n) is 3.91. The van der Waals surface area contributed by atoms with E-state index in [-0.39, 0.29) is 23.5 Å². The number of rotatable bonds is 4. The van der Waals surface area contributed by atoms with Crippen LogP contribution in [0.4, 0.5) is 5.95 Å². The molecule has 144 valence electrons. The molecule has 0 N–H and O–H groups in total. The highest BCUT2D eigenvalue weighted by atomic mass is 32.2. The molecule has 3 heterocycles. The molecule has 0 radical (unpaired) electrons. The Morgan fingerprint density at radius 1 is 1.35 bits per heavy atom. The molecule has 26 heavy (non-hydrogen) atoms. The van der Waals surface area contributed by atoms with Gasteiger partial charge in [-0.2, -0.15) is 0 Å². The Morgan fingerprint density at radius 2 is 2.12 bits per heavy atom. The molecule has 2 fully saturated rings. The zero-order valence-electron chi connectivity index (χ0n) is 15.8. The van der Waals surface area contributed by atoms with Crippen molar-refractivity contribution < 1.29 is 13.2 Å². The molecule has 0 spiro atoms. The summed E-state index contributed by atoms with van der Waals surface area (Å²) in [6, 6.07) is 1.44. The molecule has 1 aromatic heterocycles. The average Bonchev–Trinajstić information content (AvgIpc) is 2.94. The zero-order chi connectivity index (χ0) is 18.9. The summed E-state index contributed by atoms with van der Waals surface area (Å²) >= 11 is 0. The Labute approximate surface area is 155 Å². The van der Waals surface area contributed by atoms with Gasteiger partial charge in [-0.05, 0) is 45.1 Å². The molecule has 3 rings (SSSR count). The highest BCUT2D eigenvalue weighted by Gasteiger charge is 2.35. The van der Waals surface area contributed by atoms with Gasteiger partial charge < -0.3 is 9.80 Å². The standard InChI is InChI=1S/C18H28N4O3S/c1-4-22(15-7-9-26(24,25)12-15)17(23)16-10-14(3)19-18(20-16)21-8-5-6-13(2)11-21/h10,13,15H,4-9,11-12H2,1-3H3. The maximum absolute atomic E-state index is 13.0. The van der Waals surface area contributed by atoms with Gasteiger partial charge in [0, 0.05) is 31.4 Å². The molecule has 2 aliphatic heterocycles. The summed E-state index contributed by atoms with van der Waals surface area (Å²) < 4.78 is 23.6. The van der Waals surface area contributed by atoms with Crippen LogP contribution in [0, 0.1) is 12.8 Å². The van der Waals surface area contributed by atoms with Crippen molar-refractivity contribution in [3.05, 3.63) is 17.5 Å². The smallest absolute Gasteiger partial charge is 0.272 e. The van der Waals surface area contributed by atoms with Crippen LogP contribution < -0.4 is 4.90 Å². The van der Waals surface area contributed by atoms with Crippen molar-refractivity contribution in [1.82, 2.24) is 14.9 Å². The molecule has 2 unspecified atom stereocenters. The molecule has 2 aliphatic rings. The fourth-order valence-corrected chi connectivity index (χ4v) is 5.64. The minimum atomic E-state index is -3.04. The largest absolute Gasteiger partial charge is 0.341 e. The molecule has 7 nitrogen and oxygen atoms in total. The van der Waals surface area contributed by atoms with Gasteiger partial charge in [0.15, 0.2) is 9.84 Å². The van der Waals surface area contributed by atoms with Gasteiger partial charge in [-0.3, -0.25) is 4.79 Å². The van der Waals surface area contributed by atoms with Crippen LogP contribution in [0.3, 0.4) is 0 Å². The minimum Gasteiger partial charge on any atom is -0.341 e. The van der Waals surface area contributed by atoms with Crippen LogP contribution in [0.1, 0.15) is 49.3 Å². The first-order valence-electron chi connectivity index (χ1n) is 9.41. The lowest BCUT2D eigenvalue weighted by Crippen LogP contribution is -2.42. The summed E-state index contributed by atoms with van der Waals surface area (Å²) in [5.74, 6) is 1.19. The number of aryl methyl sites for hydroxylation is 1. The lowest BCUT2D eigenvalue weighted by molar-refractivity contribution is 0.0702. The Kier molecular flexibility index (Phi) is 5.50. The van der Waals surface area contributed by atoms with Crippen molar-refractivity contribution in [3.63, 3.8) is 0 Å². The number of sulfone groups is 1. The second kappa shape index (κ2) is 7.50. The molecular weight excluding hydrogens is 352 g/mol.